The highest BCUT2D eigenvalue weighted by molar-refractivity contribution is 5.23. The van der Waals surface area contributed by atoms with Gasteiger partial charge in [-0.1, -0.05) is 43.7 Å². The van der Waals surface area contributed by atoms with Crippen molar-refractivity contribution in [2.24, 2.45) is 5.92 Å². The first kappa shape index (κ1) is 12.3. The number of benzene rings is 1. The Balaban J connectivity index is 2.61. The van der Waals surface area contributed by atoms with Crippen molar-refractivity contribution in [2.45, 2.75) is 46.7 Å². The van der Waals surface area contributed by atoms with Crippen molar-refractivity contribution < 1.29 is 0 Å². The van der Waals surface area contributed by atoms with E-state index < -0.39 is 0 Å². The van der Waals surface area contributed by atoms with E-state index in [9.17, 15) is 0 Å². The molecule has 1 nitrogen and oxygen atoms in total. The SMILES string of the molecule is Cc1ccc(C(C)NC(C)C(C)C)cc1. The molecule has 0 aliphatic heterocycles. The maximum Gasteiger partial charge on any atom is 0.0294 e. The van der Waals surface area contributed by atoms with E-state index >= 15 is 0 Å². The summed E-state index contributed by atoms with van der Waals surface area (Å²) < 4.78 is 0. The molecule has 1 heteroatoms. The fourth-order valence-corrected chi connectivity index (χ4v) is 1.54. The first-order valence-electron chi connectivity index (χ1n) is 5.83. The predicted octanol–water partition coefficient (Wildman–Crippen LogP) is 3.69. The van der Waals surface area contributed by atoms with Crippen molar-refractivity contribution in [1.29, 1.82) is 0 Å². The van der Waals surface area contributed by atoms with E-state index in [4.69, 9.17) is 0 Å². The van der Waals surface area contributed by atoms with Gasteiger partial charge in [0.05, 0.1) is 0 Å². The van der Waals surface area contributed by atoms with E-state index in [2.05, 4.69) is 64.2 Å². The Labute approximate surface area is 93.9 Å². The van der Waals surface area contributed by atoms with Crippen LogP contribution in [-0.4, -0.2) is 6.04 Å². The number of rotatable bonds is 4. The highest BCUT2D eigenvalue weighted by Gasteiger charge is 2.11. The molecule has 0 amide bonds. The van der Waals surface area contributed by atoms with Crippen LogP contribution >= 0.6 is 0 Å². The minimum atomic E-state index is 0.433. The molecule has 1 aromatic rings. The highest BCUT2D eigenvalue weighted by Crippen LogP contribution is 2.15. The molecule has 2 atom stereocenters. The number of aryl methyl sites for hydroxylation is 1. The van der Waals surface area contributed by atoms with E-state index in [0.717, 1.165) is 0 Å². The smallest absolute Gasteiger partial charge is 0.0294 e. The molecular formula is C14H23N. The summed E-state index contributed by atoms with van der Waals surface area (Å²) in [4.78, 5) is 0. The van der Waals surface area contributed by atoms with Gasteiger partial charge in [-0.3, -0.25) is 0 Å². The Morgan fingerprint density at radius 1 is 0.933 bits per heavy atom. The molecule has 15 heavy (non-hydrogen) atoms. The normalized spacial score (nSPS) is 15.3. The van der Waals surface area contributed by atoms with Crippen LogP contribution in [0, 0.1) is 12.8 Å². The van der Waals surface area contributed by atoms with Gasteiger partial charge in [-0.25, -0.2) is 0 Å². The van der Waals surface area contributed by atoms with Gasteiger partial charge in [-0.2, -0.15) is 0 Å². The monoisotopic (exact) mass is 205 g/mol. The number of nitrogens with one attached hydrogen (secondary N) is 1. The zero-order chi connectivity index (χ0) is 11.4. The topological polar surface area (TPSA) is 12.0 Å². The maximum absolute atomic E-state index is 3.62. The summed E-state index contributed by atoms with van der Waals surface area (Å²) in [6, 6.07) is 9.76. The molecule has 0 aliphatic rings. The van der Waals surface area contributed by atoms with E-state index in [1.807, 2.05) is 0 Å². The summed E-state index contributed by atoms with van der Waals surface area (Å²) in [6.45, 7) is 11.1. The van der Waals surface area contributed by atoms with Gasteiger partial charge >= 0.3 is 0 Å². The van der Waals surface area contributed by atoms with Crippen molar-refractivity contribution in [3.63, 3.8) is 0 Å². The molecule has 1 aromatic carbocycles. The van der Waals surface area contributed by atoms with Crippen LogP contribution in [0.1, 0.15) is 44.9 Å². The predicted molar refractivity (Wildman–Crippen MR) is 67.0 cm³/mol. The van der Waals surface area contributed by atoms with Crippen molar-refractivity contribution in [2.75, 3.05) is 0 Å². The van der Waals surface area contributed by atoms with Gasteiger partial charge in [0.25, 0.3) is 0 Å². The van der Waals surface area contributed by atoms with Gasteiger partial charge < -0.3 is 5.32 Å². The first-order valence-corrected chi connectivity index (χ1v) is 5.83. The average Bonchev–Trinajstić information content (AvgIpc) is 2.18. The van der Waals surface area contributed by atoms with E-state index in [1.54, 1.807) is 0 Å². The Bertz CT molecular complexity index is 287. The lowest BCUT2D eigenvalue weighted by Crippen LogP contribution is -2.32. The molecule has 0 radical (unpaired) electrons. The van der Waals surface area contributed by atoms with Gasteiger partial charge in [0.15, 0.2) is 0 Å². The molecule has 0 spiro atoms. The summed E-state index contributed by atoms with van der Waals surface area (Å²) in [5.41, 5.74) is 2.69. The van der Waals surface area contributed by atoms with E-state index in [-0.39, 0.29) is 0 Å². The Hall–Kier alpha value is -0.820. The third-order valence-electron chi connectivity index (χ3n) is 3.09. The fourth-order valence-electron chi connectivity index (χ4n) is 1.54. The van der Waals surface area contributed by atoms with Gasteiger partial charge in [-0.15, -0.1) is 0 Å². The van der Waals surface area contributed by atoms with Crippen LogP contribution in [0.2, 0.25) is 0 Å². The average molecular weight is 205 g/mol. The fraction of sp³-hybridized carbons (Fsp3) is 0.571. The number of hydrogen-bond acceptors (Lipinski definition) is 1. The second kappa shape index (κ2) is 5.32. The molecule has 0 bridgehead atoms. The van der Waals surface area contributed by atoms with Crippen LogP contribution in [0.3, 0.4) is 0 Å². The first-order chi connectivity index (χ1) is 7.00. The van der Waals surface area contributed by atoms with E-state index in [0.29, 0.717) is 18.0 Å². The number of hydrogen-bond donors (Lipinski definition) is 1. The quantitative estimate of drug-likeness (QED) is 0.790. The van der Waals surface area contributed by atoms with E-state index in [1.165, 1.54) is 11.1 Å². The van der Waals surface area contributed by atoms with Crippen LogP contribution in [0.15, 0.2) is 24.3 Å². The third-order valence-corrected chi connectivity index (χ3v) is 3.09. The lowest BCUT2D eigenvalue weighted by molar-refractivity contribution is 0.389. The lowest BCUT2D eigenvalue weighted by Gasteiger charge is -2.23. The van der Waals surface area contributed by atoms with Crippen molar-refractivity contribution >= 4 is 0 Å². The lowest BCUT2D eigenvalue weighted by atomic mass is 10.0. The zero-order valence-corrected chi connectivity index (χ0v) is 10.5. The van der Waals surface area contributed by atoms with Crippen LogP contribution in [0.4, 0.5) is 0 Å². The van der Waals surface area contributed by atoms with Gasteiger partial charge in [0, 0.05) is 12.1 Å². The minimum absolute atomic E-state index is 0.433. The van der Waals surface area contributed by atoms with Crippen molar-refractivity contribution in [3.8, 4) is 0 Å². The Kier molecular flexibility index (Phi) is 4.34. The maximum atomic E-state index is 3.62. The summed E-state index contributed by atoms with van der Waals surface area (Å²) >= 11 is 0. The molecule has 0 aliphatic carbocycles. The summed E-state index contributed by atoms with van der Waals surface area (Å²) in [5.74, 6) is 0.679. The highest BCUT2D eigenvalue weighted by atomic mass is 14.9. The molecular weight excluding hydrogens is 182 g/mol. The van der Waals surface area contributed by atoms with Crippen LogP contribution in [0.25, 0.3) is 0 Å². The summed E-state index contributed by atoms with van der Waals surface area (Å²) in [7, 11) is 0. The Morgan fingerprint density at radius 2 is 1.47 bits per heavy atom. The zero-order valence-electron chi connectivity index (χ0n) is 10.5. The van der Waals surface area contributed by atoms with Crippen molar-refractivity contribution in [3.05, 3.63) is 35.4 Å². The van der Waals surface area contributed by atoms with Crippen molar-refractivity contribution in [1.82, 2.24) is 5.32 Å². The minimum Gasteiger partial charge on any atom is -0.307 e. The van der Waals surface area contributed by atoms with Crippen LogP contribution in [-0.2, 0) is 0 Å². The molecule has 0 saturated carbocycles. The third kappa shape index (κ3) is 3.67. The molecule has 0 saturated heterocycles. The second-order valence-corrected chi connectivity index (χ2v) is 4.83. The standard InChI is InChI=1S/C14H23N/c1-10(2)12(4)15-13(5)14-8-6-11(3)7-9-14/h6-10,12-13,15H,1-5H3. The molecule has 0 fully saturated rings. The largest absolute Gasteiger partial charge is 0.307 e. The van der Waals surface area contributed by atoms with Crippen LogP contribution < -0.4 is 5.32 Å². The second-order valence-electron chi connectivity index (χ2n) is 4.83. The van der Waals surface area contributed by atoms with Gasteiger partial charge in [-0.05, 0) is 32.3 Å². The molecule has 84 valence electrons. The molecule has 0 aromatic heterocycles. The summed E-state index contributed by atoms with van der Waals surface area (Å²) in [5, 5.41) is 3.62. The molecule has 1 N–H and O–H groups in total. The van der Waals surface area contributed by atoms with Gasteiger partial charge in [0.2, 0.25) is 0 Å². The van der Waals surface area contributed by atoms with Gasteiger partial charge in [0.1, 0.15) is 0 Å². The van der Waals surface area contributed by atoms with Crippen LogP contribution in [0.5, 0.6) is 0 Å². The molecule has 2 unspecified atom stereocenters. The molecule has 0 heterocycles. The summed E-state index contributed by atoms with van der Waals surface area (Å²) in [6.07, 6.45) is 0. The molecule has 1 rings (SSSR count). The Morgan fingerprint density at radius 3 is 1.93 bits per heavy atom.